The van der Waals surface area contributed by atoms with Crippen LogP contribution < -0.4 is 0 Å². The Morgan fingerprint density at radius 2 is 2.12 bits per heavy atom. The van der Waals surface area contributed by atoms with Gasteiger partial charge in [-0.05, 0) is 19.3 Å². The molecule has 0 radical (unpaired) electrons. The Kier molecular flexibility index (Phi) is 2.77. The van der Waals surface area contributed by atoms with E-state index in [2.05, 4.69) is 0 Å². The van der Waals surface area contributed by atoms with Crippen molar-refractivity contribution in [1.29, 1.82) is 0 Å². The van der Waals surface area contributed by atoms with Crippen LogP contribution in [-0.2, 0) is 4.79 Å². The summed E-state index contributed by atoms with van der Waals surface area (Å²) in [7, 11) is 0. The van der Waals surface area contributed by atoms with Crippen LogP contribution in [0.3, 0.4) is 0 Å². The Hall–Kier alpha value is -0.570. The van der Waals surface area contributed by atoms with Crippen molar-refractivity contribution < 1.29 is 9.90 Å². The fraction of sp³-hybridized carbons (Fsp3) is 0.923. The van der Waals surface area contributed by atoms with Gasteiger partial charge in [0.1, 0.15) is 0 Å². The van der Waals surface area contributed by atoms with Crippen LogP contribution in [0.15, 0.2) is 0 Å². The van der Waals surface area contributed by atoms with E-state index >= 15 is 0 Å². The van der Waals surface area contributed by atoms with Gasteiger partial charge in [0.15, 0.2) is 0 Å². The third-order valence-corrected chi connectivity index (χ3v) is 4.30. The second-order valence-electron chi connectivity index (χ2n) is 6.43. The SMILES string of the molecule is CC(C)(C)C(=O)N1CC[C@@]2(CO)CCC[C@@H]12. The summed E-state index contributed by atoms with van der Waals surface area (Å²) < 4.78 is 0. The Bertz CT molecular complexity index is 295. The van der Waals surface area contributed by atoms with E-state index in [9.17, 15) is 9.90 Å². The molecule has 2 fully saturated rings. The van der Waals surface area contributed by atoms with E-state index in [4.69, 9.17) is 0 Å². The first kappa shape index (κ1) is 11.9. The van der Waals surface area contributed by atoms with Crippen molar-refractivity contribution in [2.24, 2.45) is 10.8 Å². The largest absolute Gasteiger partial charge is 0.396 e. The molecule has 1 saturated carbocycles. The standard InChI is InChI=1S/C13H23NO2/c1-12(2,3)11(16)14-8-7-13(9-15)6-4-5-10(13)14/h10,15H,4-9H2,1-3H3/t10-,13-/m1/s1. The van der Waals surface area contributed by atoms with Crippen LogP contribution in [0.4, 0.5) is 0 Å². The Balaban J connectivity index is 2.18. The summed E-state index contributed by atoms with van der Waals surface area (Å²) in [6.45, 7) is 7.00. The van der Waals surface area contributed by atoms with Crippen molar-refractivity contribution in [2.75, 3.05) is 13.2 Å². The smallest absolute Gasteiger partial charge is 0.228 e. The van der Waals surface area contributed by atoms with Gasteiger partial charge in [0.2, 0.25) is 5.91 Å². The number of carbonyl (C=O) groups is 1. The van der Waals surface area contributed by atoms with E-state index in [1.807, 2.05) is 25.7 Å². The molecule has 0 aromatic heterocycles. The number of rotatable bonds is 1. The molecule has 1 aliphatic heterocycles. The van der Waals surface area contributed by atoms with Gasteiger partial charge in [0.25, 0.3) is 0 Å². The summed E-state index contributed by atoms with van der Waals surface area (Å²) in [6, 6.07) is 0.296. The predicted octanol–water partition coefficient (Wildman–Crippen LogP) is 1.80. The van der Waals surface area contributed by atoms with Gasteiger partial charge in [-0.3, -0.25) is 4.79 Å². The summed E-state index contributed by atoms with van der Waals surface area (Å²) in [5.41, 5.74) is -0.269. The van der Waals surface area contributed by atoms with Crippen LogP contribution in [0.1, 0.15) is 46.5 Å². The van der Waals surface area contributed by atoms with Gasteiger partial charge in [-0.1, -0.05) is 27.2 Å². The van der Waals surface area contributed by atoms with E-state index in [1.165, 1.54) is 0 Å². The molecule has 2 aliphatic rings. The van der Waals surface area contributed by atoms with E-state index < -0.39 is 0 Å². The number of hydrogen-bond acceptors (Lipinski definition) is 2. The third-order valence-electron chi connectivity index (χ3n) is 4.30. The highest BCUT2D eigenvalue weighted by molar-refractivity contribution is 5.82. The molecule has 0 unspecified atom stereocenters. The zero-order valence-corrected chi connectivity index (χ0v) is 10.6. The fourth-order valence-electron chi connectivity index (χ4n) is 3.33. The lowest BCUT2D eigenvalue weighted by Crippen LogP contribution is -2.45. The lowest BCUT2D eigenvalue weighted by atomic mass is 9.83. The molecular weight excluding hydrogens is 202 g/mol. The maximum atomic E-state index is 12.3. The molecule has 16 heavy (non-hydrogen) atoms. The number of aliphatic hydroxyl groups excluding tert-OH is 1. The molecule has 1 heterocycles. The first-order valence-corrected chi connectivity index (χ1v) is 6.33. The quantitative estimate of drug-likeness (QED) is 0.739. The van der Waals surface area contributed by atoms with Crippen LogP contribution in [0, 0.1) is 10.8 Å². The minimum absolute atomic E-state index is 0.0287. The monoisotopic (exact) mass is 225 g/mol. The van der Waals surface area contributed by atoms with Gasteiger partial charge in [-0.25, -0.2) is 0 Å². The molecule has 0 aromatic rings. The Morgan fingerprint density at radius 1 is 1.44 bits per heavy atom. The minimum Gasteiger partial charge on any atom is -0.396 e. The van der Waals surface area contributed by atoms with Crippen LogP contribution in [-0.4, -0.2) is 35.1 Å². The van der Waals surface area contributed by atoms with Gasteiger partial charge in [0.05, 0.1) is 6.61 Å². The normalized spacial score (nSPS) is 34.2. The Labute approximate surface area is 97.8 Å². The van der Waals surface area contributed by atoms with Crippen LogP contribution in [0.2, 0.25) is 0 Å². The number of hydrogen-bond donors (Lipinski definition) is 1. The van der Waals surface area contributed by atoms with Crippen LogP contribution >= 0.6 is 0 Å². The molecule has 1 saturated heterocycles. The van der Waals surface area contributed by atoms with Gasteiger partial charge >= 0.3 is 0 Å². The minimum atomic E-state index is -0.297. The van der Waals surface area contributed by atoms with Gasteiger partial charge in [-0.15, -0.1) is 0 Å². The maximum Gasteiger partial charge on any atom is 0.228 e. The number of likely N-dealkylation sites (tertiary alicyclic amines) is 1. The van der Waals surface area contributed by atoms with Crippen LogP contribution in [0.5, 0.6) is 0 Å². The fourth-order valence-corrected chi connectivity index (χ4v) is 3.33. The summed E-state index contributed by atoms with van der Waals surface area (Å²) in [5, 5.41) is 9.59. The Morgan fingerprint density at radius 3 is 2.69 bits per heavy atom. The molecule has 0 spiro atoms. The summed E-state index contributed by atoms with van der Waals surface area (Å²) in [5.74, 6) is 0.245. The third kappa shape index (κ3) is 1.65. The van der Waals surface area contributed by atoms with E-state index in [0.717, 1.165) is 32.2 Å². The lowest BCUT2D eigenvalue weighted by molar-refractivity contribution is -0.141. The van der Waals surface area contributed by atoms with Crippen molar-refractivity contribution >= 4 is 5.91 Å². The molecule has 1 aliphatic carbocycles. The van der Waals surface area contributed by atoms with Crippen molar-refractivity contribution in [3.8, 4) is 0 Å². The molecule has 3 heteroatoms. The first-order valence-electron chi connectivity index (χ1n) is 6.33. The van der Waals surface area contributed by atoms with Crippen molar-refractivity contribution in [3.05, 3.63) is 0 Å². The molecule has 0 aromatic carbocycles. The molecule has 0 bridgehead atoms. The van der Waals surface area contributed by atoms with Gasteiger partial charge in [0, 0.05) is 23.4 Å². The number of carbonyl (C=O) groups excluding carboxylic acids is 1. The first-order chi connectivity index (χ1) is 7.41. The summed E-state index contributed by atoms with van der Waals surface area (Å²) in [4.78, 5) is 14.3. The second-order valence-corrected chi connectivity index (χ2v) is 6.43. The zero-order valence-electron chi connectivity index (χ0n) is 10.6. The highest BCUT2D eigenvalue weighted by Crippen LogP contribution is 2.49. The average molecular weight is 225 g/mol. The highest BCUT2D eigenvalue weighted by atomic mass is 16.3. The molecule has 2 rings (SSSR count). The summed E-state index contributed by atoms with van der Waals surface area (Å²) in [6.07, 6.45) is 4.29. The molecule has 1 amide bonds. The van der Waals surface area contributed by atoms with Crippen molar-refractivity contribution in [1.82, 2.24) is 4.90 Å². The van der Waals surface area contributed by atoms with Crippen molar-refractivity contribution in [3.63, 3.8) is 0 Å². The maximum absolute atomic E-state index is 12.3. The zero-order chi connectivity index (χ0) is 12.0. The predicted molar refractivity (Wildman–Crippen MR) is 62.9 cm³/mol. The molecular formula is C13H23NO2. The average Bonchev–Trinajstić information content (AvgIpc) is 2.72. The molecule has 1 N–H and O–H groups in total. The van der Waals surface area contributed by atoms with E-state index in [1.54, 1.807) is 0 Å². The van der Waals surface area contributed by atoms with Gasteiger partial charge in [-0.2, -0.15) is 0 Å². The van der Waals surface area contributed by atoms with E-state index in [0.29, 0.717) is 6.04 Å². The van der Waals surface area contributed by atoms with E-state index in [-0.39, 0.29) is 23.3 Å². The number of aliphatic hydroxyl groups is 1. The topological polar surface area (TPSA) is 40.5 Å². The highest BCUT2D eigenvalue weighted by Gasteiger charge is 2.52. The molecule has 92 valence electrons. The summed E-state index contributed by atoms with van der Waals surface area (Å²) >= 11 is 0. The van der Waals surface area contributed by atoms with Crippen molar-refractivity contribution in [2.45, 2.75) is 52.5 Å². The number of nitrogens with zero attached hydrogens (tertiary/aromatic N) is 1. The van der Waals surface area contributed by atoms with Gasteiger partial charge < -0.3 is 10.0 Å². The second kappa shape index (κ2) is 3.73. The molecule has 3 nitrogen and oxygen atoms in total. The number of amides is 1. The number of fused-ring (bicyclic) bond motifs is 1. The molecule has 2 atom stereocenters. The lowest BCUT2D eigenvalue weighted by Gasteiger charge is -2.34. The van der Waals surface area contributed by atoms with Crippen LogP contribution in [0.25, 0.3) is 0 Å².